The first kappa shape index (κ1) is 12.1. The summed E-state index contributed by atoms with van der Waals surface area (Å²) in [5, 5.41) is 11.3. The van der Waals surface area contributed by atoms with Crippen LogP contribution in [0.2, 0.25) is 0 Å². The highest BCUT2D eigenvalue weighted by Crippen LogP contribution is 2.27. The monoisotopic (exact) mass is 317 g/mol. The van der Waals surface area contributed by atoms with Crippen LogP contribution in [0.1, 0.15) is 6.92 Å². The Morgan fingerprint density at radius 3 is 3.05 bits per heavy atom. The molecule has 2 aromatic heterocycles. The van der Waals surface area contributed by atoms with Crippen molar-refractivity contribution in [3.05, 3.63) is 34.9 Å². The Labute approximate surface area is 118 Å². The van der Waals surface area contributed by atoms with Crippen LogP contribution >= 0.6 is 15.9 Å². The molecule has 0 aliphatic rings. The fraction of sp³-hybridized carbons (Fsp3) is 0.154. The molecule has 5 nitrogen and oxygen atoms in total. The van der Waals surface area contributed by atoms with E-state index in [2.05, 4.69) is 41.4 Å². The minimum Gasteiger partial charge on any atom is -0.354 e. The highest BCUT2D eigenvalue weighted by atomic mass is 79.9. The second kappa shape index (κ2) is 4.97. The molecular formula is C13H12BrN5. The molecule has 0 saturated carbocycles. The first-order chi connectivity index (χ1) is 9.28. The molecule has 0 fully saturated rings. The molecule has 0 aliphatic heterocycles. The molecule has 0 radical (unpaired) electrons. The zero-order valence-corrected chi connectivity index (χ0v) is 11.9. The first-order valence-electron chi connectivity index (χ1n) is 5.99. The summed E-state index contributed by atoms with van der Waals surface area (Å²) in [5.41, 5.74) is 2.65. The third-order valence-corrected chi connectivity index (χ3v) is 3.25. The minimum atomic E-state index is 0.599. The number of aromatic nitrogens is 4. The largest absolute Gasteiger partial charge is 0.354 e. The zero-order chi connectivity index (χ0) is 13.2. The van der Waals surface area contributed by atoms with Gasteiger partial charge in [0.05, 0.1) is 11.1 Å². The van der Waals surface area contributed by atoms with Crippen LogP contribution in [0, 0.1) is 0 Å². The lowest BCUT2D eigenvalue weighted by Gasteiger charge is -2.01. The van der Waals surface area contributed by atoms with Gasteiger partial charge in [-0.25, -0.2) is 4.98 Å². The van der Waals surface area contributed by atoms with Gasteiger partial charge in [-0.05, 0) is 19.1 Å². The van der Waals surface area contributed by atoms with E-state index in [0.717, 1.165) is 27.7 Å². The number of fused-ring (bicyclic) bond motifs is 1. The number of halogens is 1. The van der Waals surface area contributed by atoms with Gasteiger partial charge in [0.1, 0.15) is 0 Å². The molecule has 2 N–H and O–H groups in total. The van der Waals surface area contributed by atoms with E-state index in [1.807, 2.05) is 31.2 Å². The van der Waals surface area contributed by atoms with Gasteiger partial charge in [-0.15, -0.1) is 0 Å². The third kappa shape index (κ3) is 2.31. The van der Waals surface area contributed by atoms with Crippen molar-refractivity contribution >= 4 is 32.9 Å². The van der Waals surface area contributed by atoms with Gasteiger partial charge in [0, 0.05) is 22.8 Å². The lowest BCUT2D eigenvalue weighted by molar-refractivity contribution is 1.07. The molecule has 96 valence electrons. The minimum absolute atomic E-state index is 0.599. The maximum Gasteiger partial charge on any atom is 0.224 e. The molecule has 3 aromatic rings. The summed E-state index contributed by atoms with van der Waals surface area (Å²) in [6, 6.07) is 8.03. The summed E-state index contributed by atoms with van der Waals surface area (Å²) in [7, 11) is 0. The van der Waals surface area contributed by atoms with Crippen molar-refractivity contribution in [2.75, 3.05) is 11.9 Å². The molecule has 0 bridgehead atoms. The van der Waals surface area contributed by atoms with Crippen molar-refractivity contribution in [2.24, 2.45) is 0 Å². The van der Waals surface area contributed by atoms with E-state index in [4.69, 9.17) is 0 Å². The molecule has 0 unspecified atom stereocenters. The maximum atomic E-state index is 4.36. The number of anilines is 1. The molecule has 0 aliphatic carbocycles. The zero-order valence-electron chi connectivity index (χ0n) is 10.3. The summed E-state index contributed by atoms with van der Waals surface area (Å²) < 4.78 is 1.03. The van der Waals surface area contributed by atoms with Crippen molar-refractivity contribution in [1.29, 1.82) is 0 Å². The fourth-order valence-corrected chi connectivity index (χ4v) is 2.31. The van der Waals surface area contributed by atoms with Gasteiger partial charge in [0.2, 0.25) is 5.95 Å². The Morgan fingerprint density at radius 1 is 1.37 bits per heavy atom. The van der Waals surface area contributed by atoms with Crippen molar-refractivity contribution in [3.63, 3.8) is 0 Å². The summed E-state index contributed by atoms with van der Waals surface area (Å²) >= 11 is 3.47. The summed E-state index contributed by atoms with van der Waals surface area (Å²) in [6.45, 7) is 2.79. The highest BCUT2D eigenvalue weighted by molar-refractivity contribution is 9.10. The third-order valence-electron chi connectivity index (χ3n) is 2.76. The molecule has 0 saturated heterocycles. The smallest absolute Gasteiger partial charge is 0.224 e. The Balaban J connectivity index is 2.10. The first-order valence-corrected chi connectivity index (χ1v) is 6.78. The number of rotatable bonds is 3. The number of hydrogen-bond acceptors (Lipinski definition) is 4. The number of H-pyrrole nitrogens is 1. The summed E-state index contributed by atoms with van der Waals surface area (Å²) in [4.78, 5) is 8.64. The van der Waals surface area contributed by atoms with Gasteiger partial charge in [0.15, 0.2) is 5.65 Å². The molecular weight excluding hydrogens is 306 g/mol. The molecule has 6 heteroatoms. The van der Waals surface area contributed by atoms with Crippen LogP contribution < -0.4 is 5.32 Å². The predicted octanol–water partition coefficient (Wildman–Crippen LogP) is 3.21. The van der Waals surface area contributed by atoms with Gasteiger partial charge < -0.3 is 5.32 Å². The van der Waals surface area contributed by atoms with Crippen LogP contribution in [-0.2, 0) is 0 Å². The van der Waals surface area contributed by atoms with Crippen molar-refractivity contribution in [1.82, 2.24) is 20.2 Å². The lowest BCUT2D eigenvalue weighted by Crippen LogP contribution is -2.01. The summed E-state index contributed by atoms with van der Waals surface area (Å²) in [6.07, 6.45) is 1.79. The SMILES string of the molecule is CCNc1ncc2c(-c3cccc(Br)c3)[nH]nc2n1. The molecule has 0 spiro atoms. The van der Waals surface area contributed by atoms with Crippen LogP contribution in [0.3, 0.4) is 0 Å². The van der Waals surface area contributed by atoms with Crippen molar-refractivity contribution < 1.29 is 0 Å². The van der Waals surface area contributed by atoms with Crippen LogP contribution in [0.5, 0.6) is 0 Å². The van der Waals surface area contributed by atoms with Crippen LogP contribution in [0.25, 0.3) is 22.3 Å². The number of benzene rings is 1. The van der Waals surface area contributed by atoms with Gasteiger partial charge in [0.25, 0.3) is 0 Å². The molecule has 1 aromatic carbocycles. The van der Waals surface area contributed by atoms with Crippen molar-refractivity contribution in [2.45, 2.75) is 6.92 Å². The number of nitrogens with one attached hydrogen (secondary N) is 2. The fourth-order valence-electron chi connectivity index (χ4n) is 1.91. The Morgan fingerprint density at radius 2 is 2.26 bits per heavy atom. The molecule has 19 heavy (non-hydrogen) atoms. The lowest BCUT2D eigenvalue weighted by atomic mass is 10.1. The Bertz CT molecular complexity index is 722. The van der Waals surface area contributed by atoms with E-state index >= 15 is 0 Å². The van der Waals surface area contributed by atoms with E-state index in [1.54, 1.807) is 6.20 Å². The average Bonchev–Trinajstić information content (AvgIpc) is 2.82. The maximum absolute atomic E-state index is 4.36. The molecule has 0 atom stereocenters. The van der Waals surface area contributed by atoms with Crippen molar-refractivity contribution in [3.8, 4) is 11.3 Å². The summed E-state index contributed by atoms with van der Waals surface area (Å²) in [5.74, 6) is 0.599. The number of nitrogens with zero attached hydrogens (tertiary/aromatic N) is 3. The topological polar surface area (TPSA) is 66.5 Å². The Hall–Kier alpha value is -1.95. The van der Waals surface area contributed by atoms with Crippen LogP contribution in [0.4, 0.5) is 5.95 Å². The van der Waals surface area contributed by atoms with E-state index in [1.165, 1.54) is 0 Å². The van der Waals surface area contributed by atoms with E-state index < -0.39 is 0 Å². The number of aromatic amines is 1. The van der Waals surface area contributed by atoms with E-state index in [-0.39, 0.29) is 0 Å². The predicted molar refractivity (Wildman–Crippen MR) is 79.0 cm³/mol. The highest BCUT2D eigenvalue weighted by Gasteiger charge is 2.10. The van der Waals surface area contributed by atoms with E-state index in [0.29, 0.717) is 11.6 Å². The van der Waals surface area contributed by atoms with Crippen LogP contribution in [-0.4, -0.2) is 26.7 Å². The molecule has 2 heterocycles. The quantitative estimate of drug-likeness (QED) is 0.778. The van der Waals surface area contributed by atoms with Gasteiger partial charge >= 0.3 is 0 Å². The molecule has 0 amide bonds. The number of hydrogen-bond donors (Lipinski definition) is 2. The van der Waals surface area contributed by atoms with Gasteiger partial charge in [-0.3, -0.25) is 5.10 Å². The normalized spacial score (nSPS) is 10.8. The second-order valence-corrected chi connectivity index (χ2v) is 4.99. The van der Waals surface area contributed by atoms with Gasteiger partial charge in [-0.2, -0.15) is 10.1 Å². The van der Waals surface area contributed by atoms with Crippen LogP contribution in [0.15, 0.2) is 34.9 Å². The van der Waals surface area contributed by atoms with Gasteiger partial charge in [-0.1, -0.05) is 28.1 Å². The standard InChI is InChI=1S/C13H12BrN5/c1-2-15-13-16-7-10-11(18-19-12(10)17-13)8-4-3-5-9(14)6-8/h3-7H,2H2,1H3,(H2,15,16,17,18,19). The average molecular weight is 318 g/mol. The van der Waals surface area contributed by atoms with E-state index in [9.17, 15) is 0 Å². The second-order valence-electron chi connectivity index (χ2n) is 4.07. The molecule has 3 rings (SSSR count). The Kier molecular flexibility index (Phi) is 3.16.